The molecule has 1 N–H and O–H groups in total. The number of ether oxygens (including phenoxy) is 1. The van der Waals surface area contributed by atoms with Crippen molar-refractivity contribution in [2.45, 2.75) is 13.5 Å². The predicted molar refractivity (Wildman–Crippen MR) is 82.1 cm³/mol. The number of aryl methyl sites for hydroxylation is 1. The zero-order chi connectivity index (χ0) is 15.4. The Labute approximate surface area is 127 Å². The van der Waals surface area contributed by atoms with E-state index in [1.807, 2.05) is 13.1 Å². The summed E-state index contributed by atoms with van der Waals surface area (Å²) in [6.45, 7) is 2.34. The van der Waals surface area contributed by atoms with Gasteiger partial charge in [0.2, 0.25) is 0 Å². The van der Waals surface area contributed by atoms with Gasteiger partial charge in [0, 0.05) is 29.3 Å². The number of non-ortho nitro benzene ring substituents is 1. The Hall–Kier alpha value is -2.11. The first-order valence-electron chi connectivity index (χ1n) is 6.38. The molecule has 2 aromatic carbocycles. The molecule has 0 spiro atoms. The highest BCUT2D eigenvalue weighted by Crippen LogP contribution is 2.33. The highest BCUT2D eigenvalue weighted by molar-refractivity contribution is 6.31. The molecule has 0 bridgehead atoms. The van der Waals surface area contributed by atoms with Gasteiger partial charge in [-0.15, -0.1) is 0 Å². The van der Waals surface area contributed by atoms with Crippen LogP contribution in [-0.2, 0) is 6.54 Å². The van der Waals surface area contributed by atoms with Gasteiger partial charge in [0.1, 0.15) is 11.5 Å². The van der Waals surface area contributed by atoms with Crippen LogP contribution >= 0.6 is 11.6 Å². The van der Waals surface area contributed by atoms with Crippen LogP contribution in [0.3, 0.4) is 0 Å². The van der Waals surface area contributed by atoms with Crippen molar-refractivity contribution < 1.29 is 9.66 Å². The Kier molecular flexibility index (Phi) is 4.77. The van der Waals surface area contributed by atoms with E-state index in [9.17, 15) is 10.1 Å². The van der Waals surface area contributed by atoms with Crippen molar-refractivity contribution in [1.29, 1.82) is 0 Å². The normalized spacial score (nSPS) is 10.4. The zero-order valence-corrected chi connectivity index (χ0v) is 12.5. The zero-order valence-electron chi connectivity index (χ0n) is 11.7. The predicted octanol–water partition coefficient (Wildman–Crippen LogP) is 4.07. The van der Waals surface area contributed by atoms with E-state index in [2.05, 4.69) is 5.32 Å². The van der Waals surface area contributed by atoms with Gasteiger partial charge < -0.3 is 10.1 Å². The maximum Gasteiger partial charge on any atom is 0.269 e. The SMILES string of the molecule is CNCc1c(Cl)cccc1Oc1ccc([N+](=O)[O-])cc1C. The fourth-order valence-corrected chi connectivity index (χ4v) is 2.20. The van der Waals surface area contributed by atoms with Crippen molar-refractivity contribution in [2.24, 2.45) is 0 Å². The molecule has 0 aliphatic heterocycles. The summed E-state index contributed by atoms with van der Waals surface area (Å²) in [7, 11) is 1.82. The van der Waals surface area contributed by atoms with Gasteiger partial charge in [-0.25, -0.2) is 0 Å². The van der Waals surface area contributed by atoms with E-state index < -0.39 is 4.92 Å². The lowest BCUT2D eigenvalue weighted by atomic mass is 10.1. The first kappa shape index (κ1) is 15.3. The summed E-state index contributed by atoms with van der Waals surface area (Å²) in [5.41, 5.74) is 1.58. The number of nitro benzene ring substituents is 1. The molecule has 6 heteroatoms. The fourth-order valence-electron chi connectivity index (χ4n) is 1.96. The first-order valence-corrected chi connectivity index (χ1v) is 6.75. The summed E-state index contributed by atoms with van der Waals surface area (Å²) >= 11 is 6.17. The van der Waals surface area contributed by atoms with Gasteiger partial charge in [0.15, 0.2) is 0 Å². The van der Waals surface area contributed by atoms with E-state index >= 15 is 0 Å². The van der Waals surface area contributed by atoms with Crippen LogP contribution in [0, 0.1) is 17.0 Å². The number of halogens is 1. The number of benzene rings is 2. The molecule has 0 fully saturated rings. The molecule has 5 nitrogen and oxygen atoms in total. The second kappa shape index (κ2) is 6.56. The van der Waals surface area contributed by atoms with Crippen molar-refractivity contribution in [2.75, 3.05) is 7.05 Å². The fraction of sp³-hybridized carbons (Fsp3) is 0.200. The monoisotopic (exact) mass is 306 g/mol. The minimum atomic E-state index is -0.428. The van der Waals surface area contributed by atoms with E-state index in [1.54, 1.807) is 25.1 Å². The highest BCUT2D eigenvalue weighted by atomic mass is 35.5. The molecule has 0 saturated heterocycles. The van der Waals surface area contributed by atoms with Crippen LogP contribution in [0.5, 0.6) is 11.5 Å². The molecule has 0 unspecified atom stereocenters. The molecule has 0 atom stereocenters. The molecule has 0 aliphatic carbocycles. The van der Waals surface area contributed by atoms with Crippen molar-refractivity contribution in [3.63, 3.8) is 0 Å². The third-order valence-electron chi connectivity index (χ3n) is 3.02. The topological polar surface area (TPSA) is 64.4 Å². The van der Waals surface area contributed by atoms with E-state index in [0.29, 0.717) is 28.6 Å². The molecular weight excluding hydrogens is 292 g/mol. The molecule has 0 amide bonds. The van der Waals surface area contributed by atoms with Gasteiger partial charge >= 0.3 is 0 Å². The molecule has 110 valence electrons. The molecule has 2 rings (SSSR count). The smallest absolute Gasteiger partial charge is 0.269 e. The third kappa shape index (κ3) is 3.51. The van der Waals surface area contributed by atoms with Gasteiger partial charge in [0.25, 0.3) is 5.69 Å². The number of hydrogen-bond donors (Lipinski definition) is 1. The second-order valence-electron chi connectivity index (χ2n) is 4.56. The molecule has 21 heavy (non-hydrogen) atoms. The summed E-state index contributed by atoms with van der Waals surface area (Å²) < 4.78 is 5.86. The van der Waals surface area contributed by atoms with Crippen LogP contribution in [0.15, 0.2) is 36.4 Å². The van der Waals surface area contributed by atoms with Gasteiger partial charge in [-0.1, -0.05) is 17.7 Å². The number of hydrogen-bond acceptors (Lipinski definition) is 4. The first-order chi connectivity index (χ1) is 10.0. The number of nitrogens with zero attached hydrogens (tertiary/aromatic N) is 1. The van der Waals surface area contributed by atoms with Crippen molar-refractivity contribution in [3.05, 3.63) is 62.7 Å². The summed E-state index contributed by atoms with van der Waals surface area (Å²) in [5, 5.41) is 14.4. The van der Waals surface area contributed by atoms with Crippen LogP contribution in [0.25, 0.3) is 0 Å². The summed E-state index contributed by atoms with van der Waals surface area (Å²) in [6.07, 6.45) is 0. The Morgan fingerprint density at radius 2 is 2.05 bits per heavy atom. The number of rotatable bonds is 5. The van der Waals surface area contributed by atoms with Crippen molar-refractivity contribution in [3.8, 4) is 11.5 Å². The Morgan fingerprint density at radius 1 is 1.29 bits per heavy atom. The van der Waals surface area contributed by atoms with E-state index in [1.165, 1.54) is 12.1 Å². The van der Waals surface area contributed by atoms with Crippen molar-refractivity contribution in [1.82, 2.24) is 5.32 Å². The lowest BCUT2D eigenvalue weighted by Gasteiger charge is -2.13. The van der Waals surface area contributed by atoms with Gasteiger partial charge in [-0.05, 0) is 37.7 Å². The van der Waals surface area contributed by atoms with E-state index in [-0.39, 0.29) is 5.69 Å². The maximum atomic E-state index is 10.7. The maximum absolute atomic E-state index is 10.7. The molecule has 0 aromatic heterocycles. The van der Waals surface area contributed by atoms with Gasteiger partial charge in [-0.2, -0.15) is 0 Å². The van der Waals surface area contributed by atoms with E-state index in [0.717, 1.165) is 5.56 Å². The largest absolute Gasteiger partial charge is 0.457 e. The van der Waals surface area contributed by atoms with Crippen LogP contribution in [0.2, 0.25) is 5.02 Å². The molecule has 0 radical (unpaired) electrons. The Bertz CT molecular complexity index is 674. The number of nitrogens with one attached hydrogen (secondary N) is 1. The average Bonchev–Trinajstić information content (AvgIpc) is 2.44. The molecule has 0 heterocycles. The minimum Gasteiger partial charge on any atom is -0.457 e. The Balaban J connectivity index is 2.34. The molecule has 2 aromatic rings. The number of nitro groups is 1. The summed E-state index contributed by atoms with van der Waals surface area (Å²) in [5.74, 6) is 1.20. The quantitative estimate of drug-likeness (QED) is 0.668. The lowest BCUT2D eigenvalue weighted by molar-refractivity contribution is -0.384. The third-order valence-corrected chi connectivity index (χ3v) is 3.37. The molecule has 0 saturated carbocycles. The molecular formula is C15H15ClN2O3. The van der Waals surface area contributed by atoms with Crippen LogP contribution in [0.1, 0.15) is 11.1 Å². The minimum absolute atomic E-state index is 0.0430. The van der Waals surface area contributed by atoms with E-state index in [4.69, 9.17) is 16.3 Å². The van der Waals surface area contributed by atoms with Gasteiger partial charge in [-0.3, -0.25) is 10.1 Å². The second-order valence-corrected chi connectivity index (χ2v) is 4.96. The van der Waals surface area contributed by atoms with Gasteiger partial charge in [0.05, 0.1) is 4.92 Å². The van der Waals surface area contributed by atoms with Crippen molar-refractivity contribution >= 4 is 17.3 Å². The Morgan fingerprint density at radius 3 is 2.67 bits per heavy atom. The highest BCUT2D eigenvalue weighted by Gasteiger charge is 2.12. The van der Waals surface area contributed by atoms with Crippen LogP contribution in [-0.4, -0.2) is 12.0 Å². The average molecular weight is 307 g/mol. The standard InChI is InChI=1S/C15H15ClN2O3/c1-10-8-11(18(19)20)6-7-14(10)21-15-5-3-4-13(16)12(15)9-17-2/h3-8,17H,9H2,1-2H3. The summed E-state index contributed by atoms with van der Waals surface area (Å²) in [6, 6.07) is 9.92. The summed E-state index contributed by atoms with van der Waals surface area (Å²) in [4.78, 5) is 10.3. The van der Waals surface area contributed by atoms with Crippen LogP contribution in [0.4, 0.5) is 5.69 Å². The van der Waals surface area contributed by atoms with Crippen LogP contribution < -0.4 is 10.1 Å². The molecule has 0 aliphatic rings. The lowest BCUT2D eigenvalue weighted by Crippen LogP contribution is -2.07.